The summed E-state index contributed by atoms with van der Waals surface area (Å²) in [5, 5.41) is 14.1. The van der Waals surface area contributed by atoms with Crippen LogP contribution < -0.4 is 10.4 Å². The third-order valence-corrected chi connectivity index (χ3v) is 7.44. The summed E-state index contributed by atoms with van der Waals surface area (Å²) in [5.41, 5.74) is 10.4. The largest absolute Gasteiger partial charge is 0.155 e. The van der Waals surface area contributed by atoms with Gasteiger partial charge in [0.25, 0.3) is 0 Å². The van der Waals surface area contributed by atoms with Crippen LogP contribution in [0, 0.1) is 30.2 Å². The minimum atomic E-state index is 0.578. The van der Waals surface area contributed by atoms with Gasteiger partial charge in [-0.3, -0.25) is 0 Å². The molecule has 1 aromatic heterocycles. The fourth-order valence-electron chi connectivity index (χ4n) is 5.67. The lowest BCUT2D eigenvalue weighted by molar-refractivity contribution is 0.638. The summed E-state index contributed by atoms with van der Waals surface area (Å²) >= 11 is 0. The summed E-state index contributed by atoms with van der Waals surface area (Å²) in [7, 11) is 0. The first-order valence-corrected chi connectivity index (χ1v) is 12.0. The molecule has 0 amide bonds. The van der Waals surface area contributed by atoms with Crippen LogP contribution in [0.5, 0.6) is 0 Å². The average molecular weight is 429 g/mol. The van der Waals surface area contributed by atoms with Crippen LogP contribution in [0.25, 0.3) is 22.9 Å². The maximum Gasteiger partial charge on any atom is 0.0930 e. The highest BCUT2D eigenvalue weighted by molar-refractivity contribution is 5.72. The van der Waals surface area contributed by atoms with Crippen LogP contribution in [0.1, 0.15) is 41.3 Å². The van der Waals surface area contributed by atoms with Crippen molar-refractivity contribution in [3.05, 3.63) is 116 Å². The van der Waals surface area contributed by atoms with E-state index in [0.29, 0.717) is 5.92 Å². The zero-order chi connectivity index (χ0) is 22.5. The van der Waals surface area contributed by atoms with Gasteiger partial charge in [0.2, 0.25) is 0 Å². The van der Waals surface area contributed by atoms with Crippen LogP contribution in [-0.4, -0.2) is 10.2 Å². The Labute approximate surface area is 194 Å². The van der Waals surface area contributed by atoms with Gasteiger partial charge in [-0.15, -0.1) is 0 Å². The predicted octanol–water partition coefficient (Wildman–Crippen LogP) is 5.17. The molecule has 1 unspecified atom stereocenters. The number of fused-ring (bicyclic) bond motifs is 4. The average Bonchev–Trinajstić information content (AvgIpc) is 2.84. The molecule has 6 rings (SSSR count). The van der Waals surface area contributed by atoms with Gasteiger partial charge in [-0.05, 0) is 106 Å². The van der Waals surface area contributed by atoms with Gasteiger partial charge < -0.3 is 0 Å². The molecule has 1 heterocycles. The third kappa shape index (κ3) is 3.33. The van der Waals surface area contributed by atoms with Crippen molar-refractivity contribution >= 4 is 11.6 Å². The van der Waals surface area contributed by atoms with Crippen molar-refractivity contribution in [1.29, 1.82) is 0 Å². The SMILES string of the molecule is Cc1ccc(-c2ccc3c(c2)=CCc2c4c(ccc2=3)=C(c2ccccc2C)C(C)CC4)nn1. The first-order valence-electron chi connectivity index (χ1n) is 12.0. The first-order chi connectivity index (χ1) is 16.1. The molecule has 0 radical (unpaired) electrons. The normalized spacial score (nSPS) is 16.5. The van der Waals surface area contributed by atoms with Crippen molar-refractivity contribution in [1.82, 2.24) is 10.2 Å². The summed E-state index contributed by atoms with van der Waals surface area (Å²) in [5.74, 6) is 0.578. The van der Waals surface area contributed by atoms with Crippen LogP contribution >= 0.6 is 0 Å². The summed E-state index contributed by atoms with van der Waals surface area (Å²) in [6, 6.07) is 24.4. The molecule has 162 valence electrons. The second kappa shape index (κ2) is 7.81. The Kier molecular flexibility index (Phi) is 4.76. The van der Waals surface area contributed by atoms with E-state index in [0.717, 1.165) is 29.8 Å². The van der Waals surface area contributed by atoms with Gasteiger partial charge in [0.05, 0.1) is 11.4 Å². The van der Waals surface area contributed by atoms with Gasteiger partial charge in [0.1, 0.15) is 0 Å². The van der Waals surface area contributed by atoms with Gasteiger partial charge in [0, 0.05) is 5.56 Å². The predicted molar refractivity (Wildman–Crippen MR) is 135 cm³/mol. The molecule has 0 saturated heterocycles. The lowest BCUT2D eigenvalue weighted by Gasteiger charge is -2.26. The molecule has 2 aliphatic rings. The maximum atomic E-state index is 4.38. The number of nitrogens with zero attached hydrogens (tertiary/aromatic N) is 2. The first kappa shape index (κ1) is 20.1. The Bertz CT molecular complexity index is 1610. The van der Waals surface area contributed by atoms with E-state index >= 15 is 0 Å². The lowest BCUT2D eigenvalue weighted by atomic mass is 9.78. The molecule has 2 aliphatic carbocycles. The Morgan fingerprint density at radius 1 is 0.788 bits per heavy atom. The van der Waals surface area contributed by atoms with Crippen molar-refractivity contribution < 1.29 is 0 Å². The Morgan fingerprint density at radius 3 is 2.42 bits per heavy atom. The Hall–Kier alpha value is -3.52. The lowest BCUT2D eigenvalue weighted by Crippen LogP contribution is -2.27. The molecule has 0 spiro atoms. The maximum absolute atomic E-state index is 4.38. The number of aryl methyl sites for hydroxylation is 2. The minimum absolute atomic E-state index is 0.578. The third-order valence-electron chi connectivity index (χ3n) is 7.44. The van der Waals surface area contributed by atoms with Crippen LogP contribution in [0.15, 0.2) is 66.7 Å². The zero-order valence-corrected chi connectivity index (χ0v) is 19.5. The van der Waals surface area contributed by atoms with E-state index in [1.807, 2.05) is 13.0 Å². The van der Waals surface area contributed by atoms with Gasteiger partial charge in [-0.25, -0.2) is 0 Å². The number of hydrogen-bond donors (Lipinski definition) is 0. The standard InChI is InChI=1S/C31H28N2/c1-19-6-4-5-7-24(19)31-20(2)8-12-28-27-14-10-22-18-23(30-17-9-21(3)32-33-30)11-13-25(22)26(27)15-16-29(28)31/h4-7,9-11,13,15-18,20H,8,12,14H2,1-3H3. The highest BCUT2D eigenvalue weighted by Crippen LogP contribution is 2.31. The Morgan fingerprint density at radius 2 is 1.61 bits per heavy atom. The zero-order valence-electron chi connectivity index (χ0n) is 19.5. The number of hydrogen-bond acceptors (Lipinski definition) is 2. The van der Waals surface area contributed by atoms with Crippen molar-refractivity contribution in [2.75, 3.05) is 0 Å². The summed E-state index contributed by atoms with van der Waals surface area (Å²) in [6.07, 6.45) is 5.76. The van der Waals surface area contributed by atoms with Crippen LogP contribution in [0.4, 0.5) is 0 Å². The van der Waals surface area contributed by atoms with Crippen LogP contribution in [0.3, 0.4) is 0 Å². The topological polar surface area (TPSA) is 25.8 Å². The molecule has 33 heavy (non-hydrogen) atoms. The van der Waals surface area contributed by atoms with E-state index in [9.17, 15) is 0 Å². The van der Waals surface area contributed by atoms with Gasteiger partial charge >= 0.3 is 0 Å². The van der Waals surface area contributed by atoms with Gasteiger partial charge in [-0.1, -0.05) is 61.5 Å². The quantitative estimate of drug-likeness (QED) is 0.440. The van der Waals surface area contributed by atoms with E-state index < -0.39 is 0 Å². The number of benzene rings is 3. The molecule has 2 nitrogen and oxygen atoms in total. The monoisotopic (exact) mass is 428 g/mol. The molecule has 2 heteroatoms. The van der Waals surface area contributed by atoms with Crippen molar-refractivity contribution in [2.45, 2.75) is 40.0 Å². The fourth-order valence-corrected chi connectivity index (χ4v) is 5.67. The second-order valence-electron chi connectivity index (χ2n) is 9.56. The summed E-state index contributed by atoms with van der Waals surface area (Å²) in [4.78, 5) is 0. The van der Waals surface area contributed by atoms with Crippen molar-refractivity contribution in [2.24, 2.45) is 5.92 Å². The second-order valence-corrected chi connectivity index (χ2v) is 9.56. The minimum Gasteiger partial charge on any atom is -0.155 e. The molecule has 0 bridgehead atoms. The van der Waals surface area contributed by atoms with E-state index in [1.54, 1.807) is 5.56 Å². The van der Waals surface area contributed by atoms with Gasteiger partial charge in [0.15, 0.2) is 0 Å². The molecule has 4 aromatic rings. The molecule has 0 saturated carbocycles. The molecule has 3 aromatic carbocycles. The van der Waals surface area contributed by atoms with E-state index in [4.69, 9.17) is 0 Å². The van der Waals surface area contributed by atoms with E-state index in [1.165, 1.54) is 49.6 Å². The molecular formula is C31H28N2. The van der Waals surface area contributed by atoms with Crippen LogP contribution in [0.2, 0.25) is 0 Å². The summed E-state index contributed by atoms with van der Waals surface area (Å²) in [6.45, 7) is 6.60. The van der Waals surface area contributed by atoms with E-state index in [2.05, 4.69) is 90.8 Å². The Balaban J connectivity index is 1.60. The van der Waals surface area contributed by atoms with Crippen LogP contribution in [-0.2, 0) is 12.8 Å². The van der Waals surface area contributed by atoms with Crippen molar-refractivity contribution in [3.8, 4) is 11.3 Å². The molecule has 0 N–H and O–H groups in total. The smallest absolute Gasteiger partial charge is 0.0930 e. The number of aromatic nitrogens is 2. The highest BCUT2D eigenvalue weighted by Gasteiger charge is 2.22. The molecule has 0 fully saturated rings. The summed E-state index contributed by atoms with van der Waals surface area (Å²) < 4.78 is 0. The van der Waals surface area contributed by atoms with Crippen molar-refractivity contribution in [3.63, 3.8) is 0 Å². The molecular weight excluding hydrogens is 400 g/mol. The number of rotatable bonds is 2. The molecule has 0 aliphatic heterocycles. The highest BCUT2D eigenvalue weighted by atomic mass is 15.1. The fraction of sp³-hybridized carbons (Fsp3) is 0.226. The molecule has 1 atom stereocenters. The van der Waals surface area contributed by atoms with Gasteiger partial charge in [-0.2, -0.15) is 10.2 Å². The van der Waals surface area contributed by atoms with E-state index in [-0.39, 0.29) is 0 Å².